The predicted molar refractivity (Wildman–Crippen MR) is 88.4 cm³/mol. The Balaban J connectivity index is 1.90. The highest BCUT2D eigenvalue weighted by molar-refractivity contribution is 7.71. The summed E-state index contributed by atoms with van der Waals surface area (Å²) in [6.07, 6.45) is 1.67. The minimum atomic E-state index is -0.368. The van der Waals surface area contributed by atoms with E-state index in [0.717, 1.165) is 5.56 Å². The number of rotatable bonds is 3. The summed E-state index contributed by atoms with van der Waals surface area (Å²) in [5.41, 5.74) is 1.80. The quantitative estimate of drug-likeness (QED) is 0.699. The number of aromatic amines is 1. The molecular weight excluding hydrogens is 315 g/mol. The predicted octanol–water partition coefficient (Wildman–Crippen LogP) is 4.43. The van der Waals surface area contributed by atoms with Gasteiger partial charge in [-0.3, -0.25) is 4.79 Å². The first-order valence-corrected chi connectivity index (χ1v) is 7.55. The van der Waals surface area contributed by atoms with E-state index in [0.29, 0.717) is 26.9 Å². The molecule has 0 aliphatic heterocycles. The molecule has 0 aliphatic rings. The van der Waals surface area contributed by atoms with Gasteiger partial charge < -0.3 is 14.7 Å². The molecule has 1 atom stereocenters. The number of hydrogen-bond donors (Lipinski definition) is 2. The van der Waals surface area contributed by atoms with Crippen LogP contribution in [0.25, 0.3) is 11.0 Å². The molecule has 0 saturated heterocycles. The molecule has 4 nitrogen and oxygen atoms in total. The molecule has 3 aromatic rings. The summed E-state index contributed by atoms with van der Waals surface area (Å²) in [6, 6.07) is 7.36. The third kappa shape index (κ3) is 2.90. The molecule has 2 N–H and O–H groups in total. The summed E-state index contributed by atoms with van der Waals surface area (Å²) < 4.78 is 19.5. The van der Waals surface area contributed by atoms with Crippen LogP contribution in [0.3, 0.4) is 0 Å². The number of nitrogens with one attached hydrogen (secondary N) is 2. The minimum absolute atomic E-state index is 0.287. The summed E-state index contributed by atoms with van der Waals surface area (Å²) in [5.74, 6) is -0.00428. The van der Waals surface area contributed by atoms with Crippen molar-refractivity contribution < 1.29 is 13.6 Å². The summed E-state index contributed by atoms with van der Waals surface area (Å²) in [7, 11) is 0. The summed E-state index contributed by atoms with van der Waals surface area (Å²) in [5, 5.41) is 3.56. The first-order chi connectivity index (χ1) is 11.0. The van der Waals surface area contributed by atoms with Crippen molar-refractivity contribution in [1.29, 1.82) is 0 Å². The maximum Gasteiger partial charge on any atom is 0.254 e. The SMILES string of the molecule is Cc1c(C(C)NC(=O)c2ccc[nH]c2=S)oc2ccc(F)cc12. The van der Waals surface area contributed by atoms with Crippen LogP contribution in [0.5, 0.6) is 0 Å². The van der Waals surface area contributed by atoms with E-state index in [-0.39, 0.29) is 17.8 Å². The van der Waals surface area contributed by atoms with Crippen LogP contribution >= 0.6 is 12.2 Å². The van der Waals surface area contributed by atoms with E-state index in [1.165, 1.54) is 12.1 Å². The second-order valence-electron chi connectivity index (χ2n) is 5.34. The number of carbonyl (C=O) groups excluding carboxylic acids is 1. The van der Waals surface area contributed by atoms with Crippen LogP contribution in [-0.4, -0.2) is 10.9 Å². The molecular formula is C17H15FN2O2S. The highest BCUT2D eigenvalue weighted by Gasteiger charge is 2.19. The van der Waals surface area contributed by atoms with Crippen molar-refractivity contribution in [1.82, 2.24) is 10.3 Å². The molecule has 118 valence electrons. The van der Waals surface area contributed by atoms with Crippen LogP contribution in [0.1, 0.15) is 34.6 Å². The lowest BCUT2D eigenvalue weighted by Gasteiger charge is -2.12. The smallest absolute Gasteiger partial charge is 0.254 e. The van der Waals surface area contributed by atoms with Crippen LogP contribution in [0.15, 0.2) is 40.9 Å². The molecule has 0 spiro atoms. The van der Waals surface area contributed by atoms with Gasteiger partial charge in [0.05, 0.1) is 11.6 Å². The van der Waals surface area contributed by atoms with Gasteiger partial charge in [-0.05, 0) is 44.2 Å². The number of H-pyrrole nitrogens is 1. The fourth-order valence-electron chi connectivity index (χ4n) is 2.57. The number of amides is 1. The molecule has 2 aromatic heterocycles. The van der Waals surface area contributed by atoms with Gasteiger partial charge >= 0.3 is 0 Å². The summed E-state index contributed by atoms with van der Waals surface area (Å²) >= 11 is 5.11. The van der Waals surface area contributed by atoms with Gasteiger partial charge in [0, 0.05) is 17.1 Å². The second-order valence-corrected chi connectivity index (χ2v) is 5.75. The third-order valence-electron chi connectivity index (χ3n) is 3.74. The molecule has 0 radical (unpaired) electrons. The lowest BCUT2D eigenvalue weighted by molar-refractivity contribution is 0.0934. The summed E-state index contributed by atoms with van der Waals surface area (Å²) in [4.78, 5) is 15.2. The average Bonchev–Trinajstić information content (AvgIpc) is 2.84. The van der Waals surface area contributed by atoms with Crippen LogP contribution in [0.4, 0.5) is 4.39 Å². The molecule has 23 heavy (non-hydrogen) atoms. The largest absolute Gasteiger partial charge is 0.459 e. The van der Waals surface area contributed by atoms with Crippen molar-refractivity contribution in [2.24, 2.45) is 0 Å². The van der Waals surface area contributed by atoms with Gasteiger partial charge in [0.2, 0.25) is 0 Å². The first kappa shape index (κ1) is 15.4. The van der Waals surface area contributed by atoms with E-state index in [2.05, 4.69) is 10.3 Å². The van der Waals surface area contributed by atoms with Crippen molar-refractivity contribution in [2.45, 2.75) is 19.9 Å². The number of pyridine rings is 1. The van der Waals surface area contributed by atoms with E-state index in [1.54, 1.807) is 24.4 Å². The fraction of sp³-hybridized carbons (Fsp3) is 0.176. The number of fused-ring (bicyclic) bond motifs is 1. The maximum atomic E-state index is 13.4. The molecule has 0 bridgehead atoms. The topological polar surface area (TPSA) is 58.0 Å². The van der Waals surface area contributed by atoms with E-state index in [9.17, 15) is 9.18 Å². The molecule has 0 aliphatic carbocycles. The number of furan rings is 1. The van der Waals surface area contributed by atoms with Crippen molar-refractivity contribution >= 4 is 29.1 Å². The number of halogens is 1. The minimum Gasteiger partial charge on any atom is -0.459 e. The number of carbonyl (C=O) groups is 1. The van der Waals surface area contributed by atoms with Crippen LogP contribution in [0.2, 0.25) is 0 Å². The zero-order valence-electron chi connectivity index (χ0n) is 12.6. The maximum absolute atomic E-state index is 13.4. The molecule has 0 fully saturated rings. The molecule has 1 aromatic carbocycles. The zero-order valence-corrected chi connectivity index (χ0v) is 13.5. The zero-order chi connectivity index (χ0) is 16.6. The highest BCUT2D eigenvalue weighted by Crippen LogP contribution is 2.30. The normalized spacial score (nSPS) is 12.3. The summed E-state index contributed by atoms with van der Waals surface area (Å²) in [6.45, 7) is 3.66. The average molecular weight is 330 g/mol. The molecule has 2 heterocycles. The lowest BCUT2D eigenvalue weighted by Crippen LogP contribution is -2.27. The Bertz CT molecular complexity index is 945. The molecule has 1 unspecified atom stereocenters. The van der Waals surface area contributed by atoms with Gasteiger partial charge in [-0.2, -0.15) is 0 Å². The first-order valence-electron chi connectivity index (χ1n) is 7.14. The van der Waals surface area contributed by atoms with Gasteiger partial charge in [-0.15, -0.1) is 0 Å². The Morgan fingerprint density at radius 1 is 1.39 bits per heavy atom. The van der Waals surface area contributed by atoms with E-state index in [1.807, 2.05) is 13.8 Å². The van der Waals surface area contributed by atoms with E-state index in [4.69, 9.17) is 16.6 Å². The monoisotopic (exact) mass is 330 g/mol. The number of benzene rings is 1. The Hall–Kier alpha value is -2.47. The number of hydrogen-bond acceptors (Lipinski definition) is 3. The van der Waals surface area contributed by atoms with Crippen molar-refractivity contribution in [2.75, 3.05) is 0 Å². The molecule has 0 saturated carbocycles. The molecule has 6 heteroatoms. The number of aromatic nitrogens is 1. The van der Waals surface area contributed by atoms with Crippen molar-refractivity contribution in [3.05, 3.63) is 63.9 Å². The molecule has 1 amide bonds. The Morgan fingerprint density at radius 2 is 2.17 bits per heavy atom. The van der Waals surface area contributed by atoms with Crippen LogP contribution < -0.4 is 5.32 Å². The molecule has 3 rings (SSSR count). The van der Waals surface area contributed by atoms with E-state index >= 15 is 0 Å². The second kappa shape index (κ2) is 5.96. The standard InChI is InChI=1S/C17H15FN2O2S/c1-9-13-8-11(18)5-6-14(13)22-15(9)10(2)20-16(21)12-4-3-7-19-17(12)23/h3-8,10H,1-2H3,(H,19,23)(H,20,21). The van der Waals surface area contributed by atoms with Gasteiger partial charge in [-0.1, -0.05) is 12.2 Å². The van der Waals surface area contributed by atoms with Gasteiger partial charge in [0.25, 0.3) is 5.91 Å². The van der Waals surface area contributed by atoms with Crippen LogP contribution in [0, 0.1) is 17.4 Å². The third-order valence-corrected chi connectivity index (χ3v) is 4.08. The van der Waals surface area contributed by atoms with Gasteiger partial charge in [0.15, 0.2) is 0 Å². The van der Waals surface area contributed by atoms with Crippen molar-refractivity contribution in [3.8, 4) is 0 Å². The Labute approximate surface area is 137 Å². The fourth-order valence-corrected chi connectivity index (χ4v) is 2.79. The van der Waals surface area contributed by atoms with Gasteiger partial charge in [0.1, 0.15) is 21.8 Å². The number of aryl methyl sites for hydroxylation is 1. The highest BCUT2D eigenvalue weighted by atomic mass is 32.1. The van der Waals surface area contributed by atoms with Gasteiger partial charge in [-0.25, -0.2) is 4.39 Å². The van der Waals surface area contributed by atoms with Crippen LogP contribution in [-0.2, 0) is 0 Å². The Kier molecular flexibility index (Phi) is 4.00. The Morgan fingerprint density at radius 3 is 2.91 bits per heavy atom. The van der Waals surface area contributed by atoms with Crippen molar-refractivity contribution in [3.63, 3.8) is 0 Å². The lowest BCUT2D eigenvalue weighted by atomic mass is 10.1. The van der Waals surface area contributed by atoms with E-state index < -0.39 is 0 Å².